The van der Waals surface area contributed by atoms with Crippen LogP contribution in [-0.4, -0.2) is 53.8 Å². The molecule has 0 atom stereocenters. The van der Waals surface area contributed by atoms with Crippen LogP contribution in [-0.2, 0) is 11.3 Å². The number of anilines is 1. The molecule has 1 aliphatic rings. The van der Waals surface area contributed by atoms with E-state index in [2.05, 4.69) is 45.9 Å². The van der Waals surface area contributed by atoms with Crippen molar-refractivity contribution in [2.75, 3.05) is 37.7 Å². The summed E-state index contributed by atoms with van der Waals surface area (Å²) in [5.74, 6) is -0.319. The molecule has 3 aromatic rings. The fourth-order valence-corrected chi connectivity index (χ4v) is 3.87. The van der Waals surface area contributed by atoms with Crippen LogP contribution in [0.25, 0.3) is 10.9 Å². The molecule has 2 aromatic heterocycles. The number of hydrogen-bond donors (Lipinski definition) is 0. The molecule has 1 aromatic carbocycles. The van der Waals surface area contributed by atoms with Crippen molar-refractivity contribution in [2.45, 2.75) is 27.3 Å². The van der Waals surface area contributed by atoms with E-state index in [-0.39, 0.29) is 5.97 Å². The van der Waals surface area contributed by atoms with Gasteiger partial charge in [-0.3, -0.25) is 9.88 Å². The van der Waals surface area contributed by atoms with Gasteiger partial charge in [-0.15, -0.1) is 0 Å². The van der Waals surface area contributed by atoms with E-state index in [0.717, 1.165) is 60.6 Å². The first-order chi connectivity index (χ1) is 14.1. The van der Waals surface area contributed by atoms with Crippen molar-refractivity contribution in [3.63, 3.8) is 0 Å². The van der Waals surface area contributed by atoms with E-state index in [1.165, 1.54) is 5.56 Å². The molecule has 0 aliphatic carbocycles. The molecule has 1 aliphatic heterocycles. The van der Waals surface area contributed by atoms with E-state index in [1.807, 2.05) is 13.0 Å². The molecule has 0 saturated carbocycles. The van der Waals surface area contributed by atoms with Crippen molar-refractivity contribution in [3.8, 4) is 0 Å². The standard InChI is InChI=1S/C22H26N4O3/c1-4-28-22(27)19-13-23-20-16(3)15(2)5-6-18(20)21(19)26-10-8-25(9-11-26)14-17-7-12-29-24-17/h5-7,12-13H,4,8-11,14H2,1-3H3. The quantitative estimate of drug-likeness (QED) is 0.615. The maximum atomic E-state index is 12.7. The summed E-state index contributed by atoms with van der Waals surface area (Å²) < 4.78 is 10.3. The summed E-state index contributed by atoms with van der Waals surface area (Å²) in [6.45, 7) is 10.5. The molecule has 0 N–H and O–H groups in total. The first-order valence-corrected chi connectivity index (χ1v) is 10.0. The van der Waals surface area contributed by atoms with E-state index in [1.54, 1.807) is 12.5 Å². The Morgan fingerprint density at radius 1 is 1.17 bits per heavy atom. The van der Waals surface area contributed by atoms with Crippen LogP contribution in [0.4, 0.5) is 5.69 Å². The molecule has 0 radical (unpaired) electrons. The number of rotatable bonds is 5. The molecule has 0 bridgehead atoms. The number of pyridine rings is 1. The molecule has 7 nitrogen and oxygen atoms in total. The lowest BCUT2D eigenvalue weighted by atomic mass is 10.0. The highest BCUT2D eigenvalue weighted by atomic mass is 16.5. The maximum absolute atomic E-state index is 12.7. The SMILES string of the molecule is CCOC(=O)c1cnc2c(C)c(C)ccc2c1N1CCN(Cc2ccon2)CC1. The molecule has 1 saturated heterocycles. The third-order valence-electron chi connectivity index (χ3n) is 5.60. The zero-order valence-electron chi connectivity index (χ0n) is 17.1. The molecule has 3 heterocycles. The summed E-state index contributed by atoms with van der Waals surface area (Å²) in [5.41, 5.74) is 5.68. The normalized spacial score (nSPS) is 15.1. The third kappa shape index (κ3) is 3.82. The monoisotopic (exact) mass is 394 g/mol. The number of ether oxygens (including phenoxy) is 1. The van der Waals surface area contributed by atoms with E-state index >= 15 is 0 Å². The van der Waals surface area contributed by atoms with E-state index < -0.39 is 0 Å². The summed E-state index contributed by atoms with van der Waals surface area (Å²) in [6.07, 6.45) is 3.27. The maximum Gasteiger partial charge on any atom is 0.341 e. The Morgan fingerprint density at radius 3 is 2.66 bits per heavy atom. The second-order valence-corrected chi connectivity index (χ2v) is 7.40. The topological polar surface area (TPSA) is 71.7 Å². The smallest absolute Gasteiger partial charge is 0.341 e. The van der Waals surface area contributed by atoms with Crippen LogP contribution in [0, 0.1) is 13.8 Å². The summed E-state index contributed by atoms with van der Waals surface area (Å²) >= 11 is 0. The summed E-state index contributed by atoms with van der Waals surface area (Å²) in [4.78, 5) is 21.9. The predicted molar refractivity (Wildman–Crippen MR) is 111 cm³/mol. The lowest BCUT2D eigenvalue weighted by Gasteiger charge is -2.37. The highest BCUT2D eigenvalue weighted by Gasteiger charge is 2.25. The number of benzene rings is 1. The number of hydrogen-bond acceptors (Lipinski definition) is 7. The first-order valence-electron chi connectivity index (χ1n) is 10.0. The number of carbonyl (C=O) groups is 1. The van der Waals surface area contributed by atoms with Gasteiger partial charge in [0.2, 0.25) is 0 Å². The number of esters is 1. The molecular weight excluding hydrogens is 368 g/mol. The second kappa shape index (κ2) is 8.21. The van der Waals surface area contributed by atoms with Gasteiger partial charge in [0.1, 0.15) is 11.8 Å². The minimum absolute atomic E-state index is 0.319. The lowest BCUT2D eigenvalue weighted by Crippen LogP contribution is -2.46. The van der Waals surface area contributed by atoms with Gasteiger partial charge in [-0.2, -0.15) is 0 Å². The molecule has 29 heavy (non-hydrogen) atoms. The van der Waals surface area contributed by atoms with Crippen molar-refractivity contribution in [1.29, 1.82) is 0 Å². The van der Waals surface area contributed by atoms with Crippen LogP contribution in [0.2, 0.25) is 0 Å². The van der Waals surface area contributed by atoms with Crippen LogP contribution in [0.3, 0.4) is 0 Å². The van der Waals surface area contributed by atoms with Crippen molar-refractivity contribution in [3.05, 3.63) is 53.0 Å². The molecule has 7 heteroatoms. The van der Waals surface area contributed by atoms with Crippen molar-refractivity contribution < 1.29 is 14.1 Å². The van der Waals surface area contributed by atoms with Gasteiger partial charge in [-0.05, 0) is 31.9 Å². The minimum atomic E-state index is -0.319. The summed E-state index contributed by atoms with van der Waals surface area (Å²) in [5, 5.41) is 5.01. The summed E-state index contributed by atoms with van der Waals surface area (Å²) in [6, 6.07) is 6.07. The number of aryl methyl sites for hydroxylation is 2. The Balaban J connectivity index is 1.66. The van der Waals surface area contributed by atoms with Gasteiger partial charge in [0.05, 0.1) is 23.5 Å². The Bertz CT molecular complexity index is 1010. The highest BCUT2D eigenvalue weighted by molar-refractivity contribution is 6.06. The number of aromatic nitrogens is 2. The molecule has 152 valence electrons. The van der Waals surface area contributed by atoms with Crippen molar-refractivity contribution in [1.82, 2.24) is 15.0 Å². The van der Waals surface area contributed by atoms with Gasteiger partial charge in [0.15, 0.2) is 0 Å². The van der Waals surface area contributed by atoms with Gasteiger partial charge in [0, 0.05) is 50.4 Å². The fraction of sp³-hybridized carbons (Fsp3) is 0.409. The Hall–Kier alpha value is -2.93. The third-order valence-corrected chi connectivity index (χ3v) is 5.60. The summed E-state index contributed by atoms with van der Waals surface area (Å²) in [7, 11) is 0. The van der Waals surface area contributed by atoms with Crippen molar-refractivity contribution >= 4 is 22.6 Å². The van der Waals surface area contributed by atoms with Gasteiger partial charge in [0.25, 0.3) is 0 Å². The van der Waals surface area contributed by atoms with Crippen LogP contribution in [0.1, 0.15) is 34.1 Å². The van der Waals surface area contributed by atoms with Gasteiger partial charge >= 0.3 is 5.97 Å². The molecule has 4 rings (SSSR count). The highest BCUT2D eigenvalue weighted by Crippen LogP contribution is 2.33. The Morgan fingerprint density at radius 2 is 1.97 bits per heavy atom. The van der Waals surface area contributed by atoms with Gasteiger partial charge in [-0.1, -0.05) is 17.3 Å². The minimum Gasteiger partial charge on any atom is -0.462 e. The van der Waals surface area contributed by atoms with E-state index in [0.29, 0.717) is 12.2 Å². The Labute approximate surface area is 170 Å². The first kappa shape index (κ1) is 19.4. The van der Waals surface area contributed by atoms with E-state index in [9.17, 15) is 4.79 Å². The number of piperazine rings is 1. The largest absolute Gasteiger partial charge is 0.462 e. The van der Waals surface area contributed by atoms with E-state index in [4.69, 9.17) is 9.26 Å². The van der Waals surface area contributed by atoms with Crippen LogP contribution >= 0.6 is 0 Å². The number of carbonyl (C=O) groups excluding carboxylic acids is 1. The van der Waals surface area contributed by atoms with Gasteiger partial charge in [-0.25, -0.2) is 4.79 Å². The van der Waals surface area contributed by atoms with Crippen LogP contribution in [0.15, 0.2) is 35.2 Å². The lowest BCUT2D eigenvalue weighted by molar-refractivity contribution is 0.0526. The van der Waals surface area contributed by atoms with Crippen LogP contribution in [0.5, 0.6) is 0 Å². The zero-order chi connectivity index (χ0) is 20.4. The average molecular weight is 394 g/mol. The molecule has 0 spiro atoms. The zero-order valence-corrected chi connectivity index (χ0v) is 17.1. The number of fused-ring (bicyclic) bond motifs is 1. The number of nitrogens with zero attached hydrogens (tertiary/aromatic N) is 4. The molecule has 0 unspecified atom stereocenters. The second-order valence-electron chi connectivity index (χ2n) is 7.40. The average Bonchev–Trinajstić information content (AvgIpc) is 3.24. The molecule has 1 fully saturated rings. The predicted octanol–water partition coefficient (Wildman–Crippen LogP) is 3.34. The molecular formula is C22H26N4O3. The van der Waals surface area contributed by atoms with Gasteiger partial charge < -0.3 is 14.2 Å². The fourth-order valence-electron chi connectivity index (χ4n) is 3.87. The van der Waals surface area contributed by atoms with Crippen molar-refractivity contribution in [2.24, 2.45) is 0 Å². The van der Waals surface area contributed by atoms with Crippen LogP contribution < -0.4 is 4.90 Å². The Kier molecular flexibility index (Phi) is 5.49. The molecule has 0 amide bonds.